The van der Waals surface area contributed by atoms with Crippen molar-refractivity contribution in [3.63, 3.8) is 0 Å². The summed E-state index contributed by atoms with van der Waals surface area (Å²) in [4.78, 5) is 12.5. The second-order valence-corrected chi connectivity index (χ2v) is 2.39. The van der Waals surface area contributed by atoms with Gasteiger partial charge in [-0.1, -0.05) is 6.42 Å². The monoisotopic (exact) mass is 133 g/mol. The zero-order chi connectivity index (χ0) is 6.69. The molecule has 0 aromatic heterocycles. The van der Waals surface area contributed by atoms with Crippen molar-refractivity contribution in [3.8, 4) is 0 Å². The molecular formula is C7H12LiNO. The minimum Gasteiger partial charge on any atom is -0.493 e. The van der Waals surface area contributed by atoms with E-state index in [0.29, 0.717) is 0 Å². The number of rotatable bonds is 0. The Balaban J connectivity index is 0.000000810. The van der Waals surface area contributed by atoms with Crippen molar-refractivity contribution in [2.24, 2.45) is 0 Å². The van der Waals surface area contributed by atoms with Gasteiger partial charge in [-0.15, -0.1) is 0 Å². The summed E-state index contributed by atoms with van der Waals surface area (Å²) in [5.41, 5.74) is 0. The summed E-state index contributed by atoms with van der Waals surface area (Å²) >= 11 is 0. The van der Waals surface area contributed by atoms with E-state index < -0.39 is 0 Å². The average Bonchev–Trinajstić information content (AvgIpc) is 1.90. The van der Waals surface area contributed by atoms with Gasteiger partial charge < -0.3 is 4.90 Å². The number of likely N-dealkylation sites (tertiary alicyclic amines) is 1. The Morgan fingerprint density at radius 1 is 1.50 bits per heavy atom. The Bertz CT molecular complexity index is 110. The van der Waals surface area contributed by atoms with E-state index in [1.807, 2.05) is 6.54 Å². The molecule has 3 heteroatoms. The maximum absolute atomic E-state index is 10.7. The largest absolute Gasteiger partial charge is 1.00 e. The van der Waals surface area contributed by atoms with Gasteiger partial charge in [0.25, 0.3) is 0 Å². The van der Waals surface area contributed by atoms with Gasteiger partial charge in [-0.25, -0.2) is 6.54 Å². The molecule has 52 valence electrons. The molecule has 1 aliphatic heterocycles. The van der Waals surface area contributed by atoms with Crippen LogP contribution in [0.3, 0.4) is 0 Å². The molecule has 1 amide bonds. The third-order valence-corrected chi connectivity index (χ3v) is 1.61. The third kappa shape index (κ3) is 2.77. The maximum atomic E-state index is 10.7. The van der Waals surface area contributed by atoms with Crippen LogP contribution in [0.4, 0.5) is 0 Å². The first kappa shape index (κ1) is 10.1. The van der Waals surface area contributed by atoms with Gasteiger partial charge in [0.2, 0.25) is 0 Å². The van der Waals surface area contributed by atoms with E-state index in [1.165, 1.54) is 6.42 Å². The van der Waals surface area contributed by atoms with E-state index in [4.69, 9.17) is 0 Å². The molecule has 1 rings (SSSR count). The molecule has 0 atom stereocenters. The molecule has 0 saturated carbocycles. The number of nitrogens with zero attached hydrogens (tertiary/aromatic N) is 1. The topological polar surface area (TPSA) is 20.3 Å². The number of hydrogen-bond acceptors (Lipinski definition) is 1. The number of hydrogen-bond donors (Lipinski definition) is 0. The van der Waals surface area contributed by atoms with Crippen LogP contribution in [0.25, 0.3) is 0 Å². The molecule has 10 heavy (non-hydrogen) atoms. The SMILES string of the molecule is CC(=O)N1[CH-]CCCC1.[Li+]. The molecule has 1 fully saturated rings. The molecule has 0 spiro atoms. The van der Waals surface area contributed by atoms with Crippen LogP contribution in [-0.2, 0) is 4.79 Å². The van der Waals surface area contributed by atoms with Crippen LogP contribution in [0.2, 0.25) is 0 Å². The summed E-state index contributed by atoms with van der Waals surface area (Å²) in [6.45, 7) is 4.53. The standard InChI is InChI=1S/C7H12NO.Li/c1-7(9)8-5-3-2-4-6-8;/h5H,2-4,6H2,1H3;/q-1;+1. The molecule has 2 nitrogen and oxygen atoms in total. The molecule has 1 heterocycles. The molecule has 0 aromatic carbocycles. The Morgan fingerprint density at radius 3 is 2.50 bits per heavy atom. The number of carbonyl (C=O) groups excluding carboxylic acids is 1. The number of piperidine rings is 1. The van der Waals surface area contributed by atoms with Crippen LogP contribution >= 0.6 is 0 Å². The van der Waals surface area contributed by atoms with Gasteiger partial charge in [-0.05, 0) is 13.0 Å². The van der Waals surface area contributed by atoms with Crippen molar-refractivity contribution in [2.45, 2.75) is 26.2 Å². The van der Waals surface area contributed by atoms with Gasteiger partial charge >= 0.3 is 18.9 Å². The van der Waals surface area contributed by atoms with Crippen molar-refractivity contribution < 1.29 is 23.7 Å². The van der Waals surface area contributed by atoms with Gasteiger partial charge in [0.1, 0.15) is 0 Å². The minimum atomic E-state index is 0. The van der Waals surface area contributed by atoms with E-state index in [-0.39, 0.29) is 24.8 Å². The van der Waals surface area contributed by atoms with Gasteiger partial charge in [-0.2, -0.15) is 6.42 Å². The molecule has 0 bridgehead atoms. The van der Waals surface area contributed by atoms with Crippen molar-refractivity contribution >= 4 is 5.91 Å². The van der Waals surface area contributed by atoms with Crippen LogP contribution < -0.4 is 18.9 Å². The molecule has 0 radical (unpaired) electrons. The maximum Gasteiger partial charge on any atom is 1.00 e. The first-order valence-electron chi connectivity index (χ1n) is 3.41. The van der Waals surface area contributed by atoms with Crippen molar-refractivity contribution in [3.05, 3.63) is 6.54 Å². The molecule has 0 N–H and O–H groups in total. The second-order valence-electron chi connectivity index (χ2n) is 2.39. The Morgan fingerprint density at radius 2 is 2.20 bits per heavy atom. The van der Waals surface area contributed by atoms with Gasteiger partial charge in [0.05, 0.1) is 0 Å². The van der Waals surface area contributed by atoms with Crippen molar-refractivity contribution in [2.75, 3.05) is 6.54 Å². The van der Waals surface area contributed by atoms with Crippen molar-refractivity contribution in [1.29, 1.82) is 0 Å². The molecular weight excluding hydrogens is 121 g/mol. The number of carbonyl (C=O) groups is 1. The van der Waals surface area contributed by atoms with Crippen LogP contribution in [0.15, 0.2) is 0 Å². The summed E-state index contributed by atoms with van der Waals surface area (Å²) < 4.78 is 0. The Hall–Kier alpha value is 0.0674. The molecule has 0 aliphatic carbocycles. The normalized spacial score (nSPS) is 17.9. The smallest absolute Gasteiger partial charge is 0.493 e. The zero-order valence-electron chi connectivity index (χ0n) is 6.76. The average molecular weight is 133 g/mol. The summed E-state index contributed by atoms with van der Waals surface area (Å²) in [5.74, 6) is 0.176. The van der Waals surface area contributed by atoms with Crippen molar-refractivity contribution in [1.82, 2.24) is 4.90 Å². The first-order valence-corrected chi connectivity index (χ1v) is 3.41. The summed E-state index contributed by atoms with van der Waals surface area (Å²) in [7, 11) is 0. The molecule has 1 aliphatic rings. The fraction of sp³-hybridized carbons (Fsp3) is 0.714. The van der Waals surface area contributed by atoms with Gasteiger partial charge in [0.15, 0.2) is 5.91 Å². The van der Waals surface area contributed by atoms with Crippen LogP contribution in [0.5, 0.6) is 0 Å². The van der Waals surface area contributed by atoms with E-state index in [2.05, 4.69) is 0 Å². The summed E-state index contributed by atoms with van der Waals surface area (Å²) in [5, 5.41) is 0. The summed E-state index contributed by atoms with van der Waals surface area (Å²) in [6.07, 6.45) is 3.47. The van der Waals surface area contributed by atoms with E-state index in [0.717, 1.165) is 19.4 Å². The molecule has 0 aromatic rings. The zero-order valence-corrected chi connectivity index (χ0v) is 6.76. The van der Waals surface area contributed by atoms with E-state index >= 15 is 0 Å². The Labute approximate surface area is 74.1 Å². The quantitative estimate of drug-likeness (QED) is 0.281. The van der Waals surface area contributed by atoms with Gasteiger partial charge in [0, 0.05) is 6.92 Å². The summed E-state index contributed by atoms with van der Waals surface area (Å²) in [6, 6.07) is 0. The molecule has 1 saturated heterocycles. The van der Waals surface area contributed by atoms with Crippen LogP contribution in [-0.4, -0.2) is 17.4 Å². The minimum absolute atomic E-state index is 0. The van der Waals surface area contributed by atoms with Crippen LogP contribution in [0, 0.1) is 6.54 Å². The molecule has 0 unspecified atom stereocenters. The van der Waals surface area contributed by atoms with Gasteiger partial charge in [-0.3, -0.25) is 4.79 Å². The fourth-order valence-corrected chi connectivity index (χ4v) is 1.05. The Kier molecular flexibility index (Phi) is 4.85. The predicted octanol–water partition coefficient (Wildman–Crippen LogP) is -1.82. The third-order valence-electron chi connectivity index (χ3n) is 1.61. The fourth-order valence-electron chi connectivity index (χ4n) is 1.05. The van der Waals surface area contributed by atoms with Crippen LogP contribution in [0.1, 0.15) is 26.2 Å². The first-order chi connectivity index (χ1) is 4.30. The van der Waals surface area contributed by atoms with E-state index in [1.54, 1.807) is 11.8 Å². The second kappa shape index (κ2) is 4.82. The van der Waals surface area contributed by atoms with E-state index in [9.17, 15) is 4.79 Å². The predicted molar refractivity (Wildman–Crippen MR) is 35.5 cm³/mol. The number of amides is 1.